The van der Waals surface area contributed by atoms with Crippen molar-refractivity contribution in [2.24, 2.45) is 0 Å². The number of nitrogens with zero attached hydrogens (tertiary/aromatic N) is 3. The normalized spacial score (nSPS) is 11.4. The summed E-state index contributed by atoms with van der Waals surface area (Å²) in [7, 11) is 0. The molecular weight excluding hydrogens is 719 g/mol. The van der Waals surface area contributed by atoms with E-state index >= 15 is 0 Å². The van der Waals surface area contributed by atoms with E-state index in [2.05, 4.69) is 194 Å². The molecule has 0 amide bonds. The van der Waals surface area contributed by atoms with Gasteiger partial charge in [0.05, 0.1) is 0 Å². The van der Waals surface area contributed by atoms with Crippen LogP contribution in [0.2, 0.25) is 0 Å². The number of hydrogen-bond acceptors (Lipinski definition) is 4. The molecule has 59 heavy (non-hydrogen) atoms. The Balaban J connectivity index is 0.995. The van der Waals surface area contributed by atoms with Crippen LogP contribution in [0.1, 0.15) is 0 Å². The Bertz CT molecular complexity index is 3280. The van der Waals surface area contributed by atoms with E-state index in [-0.39, 0.29) is 0 Å². The summed E-state index contributed by atoms with van der Waals surface area (Å²) in [6.45, 7) is 0. The van der Waals surface area contributed by atoms with E-state index in [0.29, 0.717) is 17.5 Å². The highest BCUT2D eigenvalue weighted by Crippen LogP contribution is 2.39. The van der Waals surface area contributed by atoms with Gasteiger partial charge in [0.1, 0.15) is 11.2 Å². The molecule has 2 heterocycles. The van der Waals surface area contributed by atoms with Crippen molar-refractivity contribution in [3.63, 3.8) is 0 Å². The van der Waals surface area contributed by atoms with E-state index in [1.54, 1.807) is 0 Å². The molecule has 4 heteroatoms. The molecule has 0 saturated carbocycles. The van der Waals surface area contributed by atoms with Crippen LogP contribution in [-0.4, -0.2) is 15.0 Å². The lowest BCUT2D eigenvalue weighted by atomic mass is 9.97. The summed E-state index contributed by atoms with van der Waals surface area (Å²) in [6.07, 6.45) is 0. The Morgan fingerprint density at radius 1 is 0.271 bits per heavy atom. The maximum atomic E-state index is 6.51. The van der Waals surface area contributed by atoms with Crippen LogP contribution in [-0.2, 0) is 0 Å². The van der Waals surface area contributed by atoms with E-state index in [9.17, 15) is 0 Å². The van der Waals surface area contributed by atoms with Gasteiger partial charge in [-0.2, -0.15) is 0 Å². The van der Waals surface area contributed by atoms with E-state index in [0.717, 1.165) is 66.4 Å². The molecule has 0 unspecified atom stereocenters. The van der Waals surface area contributed by atoms with Gasteiger partial charge in [0.15, 0.2) is 17.5 Å². The Hall–Kier alpha value is -7.95. The summed E-state index contributed by atoms with van der Waals surface area (Å²) in [4.78, 5) is 15.3. The summed E-state index contributed by atoms with van der Waals surface area (Å²) >= 11 is 0. The predicted molar refractivity (Wildman–Crippen MR) is 243 cm³/mol. The second kappa shape index (κ2) is 14.5. The van der Waals surface area contributed by atoms with E-state index in [4.69, 9.17) is 19.4 Å². The SMILES string of the molecule is c1ccc(-c2ccc(-c3ccc(-c4nc(-c5ccc(-c6cccc7ccccc67)cc5)nc(-c5ccc6c(c5)oc5cccc(-c7ccccc7)c56)n4)cc3)cc2)cc1. The van der Waals surface area contributed by atoms with Crippen molar-refractivity contribution in [1.82, 2.24) is 15.0 Å². The van der Waals surface area contributed by atoms with Crippen LogP contribution in [0.3, 0.4) is 0 Å². The van der Waals surface area contributed by atoms with Crippen molar-refractivity contribution in [2.45, 2.75) is 0 Å². The molecule has 4 nitrogen and oxygen atoms in total. The lowest BCUT2D eigenvalue weighted by Crippen LogP contribution is -2.00. The van der Waals surface area contributed by atoms with Crippen LogP contribution in [0.4, 0.5) is 0 Å². The molecule has 11 aromatic rings. The number of hydrogen-bond donors (Lipinski definition) is 0. The quantitative estimate of drug-likeness (QED) is 0.163. The van der Waals surface area contributed by atoms with Crippen molar-refractivity contribution in [3.05, 3.63) is 212 Å². The van der Waals surface area contributed by atoms with Gasteiger partial charge in [0, 0.05) is 27.5 Å². The third kappa shape index (κ3) is 6.43. The van der Waals surface area contributed by atoms with E-state index in [1.807, 2.05) is 18.2 Å². The lowest BCUT2D eigenvalue weighted by molar-refractivity contribution is 0.669. The van der Waals surface area contributed by atoms with Gasteiger partial charge >= 0.3 is 0 Å². The minimum atomic E-state index is 0.578. The van der Waals surface area contributed by atoms with Gasteiger partial charge in [-0.1, -0.05) is 194 Å². The number of benzene rings is 9. The Morgan fingerprint density at radius 3 is 1.36 bits per heavy atom. The fraction of sp³-hybridized carbons (Fsp3) is 0. The molecule has 0 bridgehead atoms. The van der Waals surface area contributed by atoms with Crippen molar-refractivity contribution < 1.29 is 4.42 Å². The average Bonchev–Trinajstić information content (AvgIpc) is 3.70. The molecular formula is C55H35N3O. The van der Waals surface area contributed by atoms with E-state index < -0.39 is 0 Å². The van der Waals surface area contributed by atoms with Gasteiger partial charge in [-0.15, -0.1) is 0 Å². The molecule has 0 spiro atoms. The molecule has 0 aliphatic rings. The van der Waals surface area contributed by atoms with Crippen LogP contribution < -0.4 is 0 Å². The molecule has 0 saturated heterocycles. The standard InChI is InChI=1S/C55H35N3O/c1-3-11-36(12-4-1)37-21-23-38(24-22-37)39-25-29-43(30-26-39)53-56-54(44-31-27-42(28-32-44)47-18-9-16-40-15-7-8-17-46(40)47)58-55(57-53)45-33-34-49-51(35-45)59-50-20-10-19-48(52(49)50)41-13-5-2-6-14-41/h1-35H. The monoisotopic (exact) mass is 753 g/mol. The predicted octanol–water partition coefficient (Wildman–Crippen LogP) is 14.6. The third-order valence-corrected chi connectivity index (χ3v) is 11.2. The van der Waals surface area contributed by atoms with Crippen LogP contribution in [0.25, 0.3) is 111 Å². The van der Waals surface area contributed by atoms with Crippen LogP contribution in [0.5, 0.6) is 0 Å². The Labute approximate surface area is 341 Å². The summed E-state index contributed by atoms with van der Waals surface area (Å²) in [5, 5.41) is 4.58. The largest absolute Gasteiger partial charge is 0.456 e. The molecule has 0 aliphatic carbocycles. The Kier molecular flexibility index (Phi) is 8.45. The fourth-order valence-electron chi connectivity index (χ4n) is 8.16. The van der Waals surface area contributed by atoms with Crippen LogP contribution >= 0.6 is 0 Å². The summed E-state index contributed by atoms with van der Waals surface area (Å²) in [5.41, 5.74) is 13.6. The molecule has 11 rings (SSSR count). The lowest BCUT2D eigenvalue weighted by Gasteiger charge is -2.11. The highest BCUT2D eigenvalue weighted by molar-refractivity contribution is 6.13. The number of aromatic nitrogens is 3. The molecule has 0 N–H and O–H groups in total. The van der Waals surface area contributed by atoms with Gasteiger partial charge < -0.3 is 4.42 Å². The summed E-state index contributed by atoms with van der Waals surface area (Å²) in [6, 6.07) is 74.1. The number of fused-ring (bicyclic) bond motifs is 4. The van der Waals surface area contributed by atoms with Gasteiger partial charge in [0.25, 0.3) is 0 Å². The molecule has 9 aromatic carbocycles. The molecule has 276 valence electrons. The zero-order chi connectivity index (χ0) is 39.1. The van der Waals surface area contributed by atoms with Crippen molar-refractivity contribution in [2.75, 3.05) is 0 Å². The first-order valence-electron chi connectivity index (χ1n) is 19.8. The minimum absolute atomic E-state index is 0.578. The van der Waals surface area contributed by atoms with Gasteiger partial charge in [-0.25, -0.2) is 15.0 Å². The maximum absolute atomic E-state index is 6.51. The van der Waals surface area contributed by atoms with Gasteiger partial charge in [0.2, 0.25) is 0 Å². The third-order valence-electron chi connectivity index (χ3n) is 11.2. The van der Waals surface area contributed by atoms with Crippen LogP contribution in [0.15, 0.2) is 217 Å². The first kappa shape index (κ1) is 34.3. The summed E-state index contributed by atoms with van der Waals surface area (Å²) < 4.78 is 6.51. The minimum Gasteiger partial charge on any atom is -0.456 e. The molecule has 0 atom stereocenters. The molecule has 0 fully saturated rings. The average molecular weight is 754 g/mol. The first-order chi connectivity index (χ1) is 29.2. The van der Waals surface area contributed by atoms with Crippen molar-refractivity contribution in [3.8, 4) is 78.7 Å². The first-order valence-corrected chi connectivity index (χ1v) is 19.8. The number of furan rings is 1. The molecule has 2 aromatic heterocycles. The van der Waals surface area contributed by atoms with Gasteiger partial charge in [-0.3, -0.25) is 0 Å². The van der Waals surface area contributed by atoms with Crippen molar-refractivity contribution >= 4 is 32.7 Å². The molecule has 0 aliphatic heterocycles. The van der Waals surface area contributed by atoms with Crippen LogP contribution in [0, 0.1) is 0 Å². The zero-order valence-electron chi connectivity index (χ0n) is 32.0. The second-order valence-electron chi connectivity index (χ2n) is 14.8. The smallest absolute Gasteiger partial charge is 0.164 e. The highest BCUT2D eigenvalue weighted by atomic mass is 16.3. The summed E-state index contributed by atoms with van der Waals surface area (Å²) in [5.74, 6) is 1.78. The van der Waals surface area contributed by atoms with Gasteiger partial charge in [-0.05, 0) is 73.5 Å². The topological polar surface area (TPSA) is 51.8 Å². The zero-order valence-corrected chi connectivity index (χ0v) is 32.0. The second-order valence-corrected chi connectivity index (χ2v) is 14.8. The molecule has 0 radical (unpaired) electrons. The fourth-order valence-corrected chi connectivity index (χ4v) is 8.16. The maximum Gasteiger partial charge on any atom is 0.164 e. The number of rotatable bonds is 7. The highest BCUT2D eigenvalue weighted by Gasteiger charge is 2.17. The van der Waals surface area contributed by atoms with Crippen molar-refractivity contribution in [1.29, 1.82) is 0 Å². The Morgan fingerprint density at radius 2 is 0.712 bits per heavy atom. The van der Waals surface area contributed by atoms with E-state index in [1.165, 1.54) is 27.5 Å².